The molecule has 1 aromatic rings. The number of aromatic hydroxyl groups is 1. The smallest absolute Gasteiger partial charge is 0.123 e. The number of piperidine rings is 1. The van der Waals surface area contributed by atoms with Gasteiger partial charge in [-0.2, -0.15) is 0 Å². The first kappa shape index (κ1) is 15.1. The second-order valence-electron chi connectivity index (χ2n) is 5.20. The van der Waals surface area contributed by atoms with E-state index in [1.54, 1.807) is 19.1 Å². The lowest BCUT2D eigenvalue weighted by Crippen LogP contribution is -2.37. The molecule has 1 atom stereocenters. The fourth-order valence-corrected chi connectivity index (χ4v) is 2.58. The Morgan fingerprint density at radius 2 is 2.05 bits per heavy atom. The Hall–Kier alpha value is -1.30. The first-order valence-corrected chi connectivity index (χ1v) is 7.10. The van der Waals surface area contributed by atoms with E-state index in [9.17, 15) is 10.2 Å². The highest BCUT2D eigenvalue weighted by molar-refractivity contribution is 5.54. The number of nitrogens with zero attached hydrogens (tertiary/aromatic N) is 1. The zero-order chi connectivity index (χ0) is 14.5. The molecular formula is C15H23NO4. The van der Waals surface area contributed by atoms with Crippen molar-refractivity contribution in [3.63, 3.8) is 0 Å². The fraction of sp³-hybridized carbons (Fsp3) is 0.600. The first-order chi connectivity index (χ1) is 9.61. The third kappa shape index (κ3) is 3.62. The number of phenols is 1. The van der Waals surface area contributed by atoms with Crippen LogP contribution in [0.5, 0.6) is 5.75 Å². The number of rotatable bonds is 5. The van der Waals surface area contributed by atoms with Gasteiger partial charge in [0.25, 0.3) is 0 Å². The van der Waals surface area contributed by atoms with E-state index >= 15 is 0 Å². The van der Waals surface area contributed by atoms with Crippen LogP contribution in [0.3, 0.4) is 0 Å². The van der Waals surface area contributed by atoms with Crippen molar-refractivity contribution in [1.29, 1.82) is 0 Å². The quantitative estimate of drug-likeness (QED) is 0.761. The Labute approximate surface area is 119 Å². The molecule has 1 heterocycles. The average Bonchev–Trinajstić information content (AvgIpc) is 2.45. The second kappa shape index (κ2) is 6.92. The first-order valence-electron chi connectivity index (χ1n) is 7.10. The van der Waals surface area contributed by atoms with Crippen molar-refractivity contribution in [2.24, 2.45) is 0 Å². The predicted molar refractivity (Wildman–Crippen MR) is 77.0 cm³/mol. The van der Waals surface area contributed by atoms with Crippen LogP contribution in [0.25, 0.3) is 0 Å². The largest absolute Gasteiger partial charge is 0.507 e. The number of hydrogen-bond donors (Lipinski definition) is 3. The monoisotopic (exact) mass is 281 g/mol. The molecule has 5 nitrogen and oxygen atoms in total. The Bertz CT molecular complexity index is 428. The molecule has 0 aromatic heterocycles. The van der Waals surface area contributed by atoms with E-state index in [1.165, 1.54) is 0 Å². The molecule has 5 heteroatoms. The molecule has 1 unspecified atom stereocenters. The summed E-state index contributed by atoms with van der Waals surface area (Å²) in [7, 11) is 0. The second-order valence-corrected chi connectivity index (χ2v) is 5.20. The fourth-order valence-electron chi connectivity index (χ4n) is 2.58. The van der Waals surface area contributed by atoms with Crippen molar-refractivity contribution in [1.82, 2.24) is 0 Å². The summed E-state index contributed by atoms with van der Waals surface area (Å²) in [6.45, 7) is 3.83. The van der Waals surface area contributed by atoms with Gasteiger partial charge in [-0.1, -0.05) is 6.07 Å². The normalized spacial score (nSPS) is 18.2. The number of hydrogen-bond acceptors (Lipinski definition) is 5. The lowest BCUT2D eigenvalue weighted by atomic mass is 10.0. The molecule has 3 N–H and O–H groups in total. The topological polar surface area (TPSA) is 73.2 Å². The van der Waals surface area contributed by atoms with Crippen LogP contribution >= 0.6 is 0 Å². The van der Waals surface area contributed by atoms with Gasteiger partial charge in [0.15, 0.2) is 0 Å². The number of benzene rings is 1. The van der Waals surface area contributed by atoms with E-state index in [0.29, 0.717) is 12.2 Å². The summed E-state index contributed by atoms with van der Waals surface area (Å²) < 4.78 is 5.53. The van der Waals surface area contributed by atoms with Gasteiger partial charge >= 0.3 is 0 Å². The van der Waals surface area contributed by atoms with Crippen LogP contribution in [0.2, 0.25) is 0 Å². The summed E-state index contributed by atoms with van der Waals surface area (Å²) in [5.74, 6) is 0.135. The molecular weight excluding hydrogens is 258 g/mol. The van der Waals surface area contributed by atoms with E-state index in [-0.39, 0.29) is 18.5 Å². The maximum absolute atomic E-state index is 9.92. The van der Waals surface area contributed by atoms with Crippen molar-refractivity contribution in [2.75, 3.05) is 31.2 Å². The number of anilines is 1. The number of aliphatic hydroxyl groups is 2. The third-order valence-electron chi connectivity index (χ3n) is 3.72. The average molecular weight is 281 g/mol. The highest BCUT2D eigenvalue weighted by Gasteiger charge is 2.20. The lowest BCUT2D eigenvalue weighted by molar-refractivity contribution is 0.0159. The minimum atomic E-state index is -0.665. The summed E-state index contributed by atoms with van der Waals surface area (Å²) in [5, 5.41) is 28.2. The van der Waals surface area contributed by atoms with Gasteiger partial charge in [0.2, 0.25) is 0 Å². The van der Waals surface area contributed by atoms with Gasteiger partial charge in [-0.3, -0.25) is 0 Å². The van der Waals surface area contributed by atoms with E-state index in [4.69, 9.17) is 9.84 Å². The summed E-state index contributed by atoms with van der Waals surface area (Å²) >= 11 is 0. The van der Waals surface area contributed by atoms with Crippen molar-refractivity contribution in [2.45, 2.75) is 32.0 Å². The summed E-state index contributed by atoms with van der Waals surface area (Å²) in [4.78, 5) is 2.20. The number of ether oxygens (including phenoxy) is 1. The van der Waals surface area contributed by atoms with Crippen molar-refractivity contribution < 1.29 is 20.1 Å². The molecule has 0 aliphatic carbocycles. The maximum atomic E-state index is 9.92. The van der Waals surface area contributed by atoms with Crippen LogP contribution in [0.15, 0.2) is 18.2 Å². The molecule has 0 amide bonds. The van der Waals surface area contributed by atoms with E-state index < -0.39 is 6.10 Å². The van der Waals surface area contributed by atoms with E-state index in [0.717, 1.165) is 31.6 Å². The SMILES string of the molecule is CC(O)c1ccc(N2CCC(OCCO)CC2)cc1O. The minimum Gasteiger partial charge on any atom is -0.507 e. The van der Waals surface area contributed by atoms with Crippen LogP contribution in [0.1, 0.15) is 31.4 Å². The van der Waals surface area contributed by atoms with Crippen LogP contribution < -0.4 is 4.90 Å². The van der Waals surface area contributed by atoms with E-state index in [2.05, 4.69) is 4.90 Å². The van der Waals surface area contributed by atoms with Crippen molar-refractivity contribution in [3.05, 3.63) is 23.8 Å². The van der Waals surface area contributed by atoms with Crippen molar-refractivity contribution >= 4 is 5.69 Å². The van der Waals surface area contributed by atoms with Gasteiger partial charge in [-0.15, -0.1) is 0 Å². The van der Waals surface area contributed by atoms with Gasteiger partial charge in [0, 0.05) is 30.4 Å². The van der Waals surface area contributed by atoms with Crippen LogP contribution in [-0.2, 0) is 4.74 Å². The minimum absolute atomic E-state index is 0.0644. The zero-order valence-corrected chi connectivity index (χ0v) is 11.8. The molecule has 0 spiro atoms. The molecule has 0 radical (unpaired) electrons. The number of phenolic OH excluding ortho intramolecular Hbond substituents is 1. The molecule has 1 aliphatic heterocycles. The summed E-state index contributed by atoms with van der Waals surface area (Å²) in [6, 6.07) is 5.40. The van der Waals surface area contributed by atoms with Gasteiger partial charge in [0.05, 0.1) is 25.4 Å². The van der Waals surface area contributed by atoms with Crippen molar-refractivity contribution in [3.8, 4) is 5.75 Å². The maximum Gasteiger partial charge on any atom is 0.123 e. The van der Waals surface area contributed by atoms with Crippen LogP contribution in [0, 0.1) is 0 Å². The molecule has 1 aromatic carbocycles. The van der Waals surface area contributed by atoms with Gasteiger partial charge in [-0.05, 0) is 25.8 Å². The Balaban J connectivity index is 1.95. The van der Waals surface area contributed by atoms with E-state index in [1.807, 2.05) is 6.07 Å². The highest BCUT2D eigenvalue weighted by Crippen LogP contribution is 2.30. The van der Waals surface area contributed by atoms with Gasteiger partial charge in [-0.25, -0.2) is 0 Å². The molecule has 1 saturated heterocycles. The standard InChI is InChI=1S/C15H23NO4/c1-11(18)14-3-2-12(10-15(14)19)16-6-4-13(5-7-16)20-9-8-17/h2-3,10-11,13,17-19H,4-9H2,1H3. The molecule has 0 bridgehead atoms. The summed E-state index contributed by atoms with van der Waals surface area (Å²) in [5.41, 5.74) is 1.52. The Kier molecular flexibility index (Phi) is 5.23. The van der Waals surface area contributed by atoms with Gasteiger partial charge in [0.1, 0.15) is 5.75 Å². The predicted octanol–water partition coefficient (Wildman–Crippen LogP) is 1.42. The Morgan fingerprint density at radius 3 is 2.60 bits per heavy atom. The molecule has 0 saturated carbocycles. The molecule has 2 rings (SSSR count). The third-order valence-corrected chi connectivity index (χ3v) is 3.72. The molecule has 20 heavy (non-hydrogen) atoms. The molecule has 1 fully saturated rings. The van der Waals surface area contributed by atoms with Gasteiger partial charge < -0.3 is 25.0 Å². The zero-order valence-electron chi connectivity index (χ0n) is 11.8. The lowest BCUT2D eigenvalue weighted by Gasteiger charge is -2.33. The number of aliphatic hydroxyl groups excluding tert-OH is 2. The van der Waals surface area contributed by atoms with Crippen LogP contribution in [0.4, 0.5) is 5.69 Å². The van der Waals surface area contributed by atoms with Crippen LogP contribution in [-0.4, -0.2) is 47.7 Å². The molecule has 112 valence electrons. The highest BCUT2D eigenvalue weighted by atomic mass is 16.5. The Morgan fingerprint density at radius 1 is 1.35 bits per heavy atom. The molecule has 1 aliphatic rings. The summed E-state index contributed by atoms with van der Waals surface area (Å²) in [6.07, 6.45) is 1.38.